The van der Waals surface area contributed by atoms with Gasteiger partial charge in [0, 0.05) is 54.0 Å². The highest BCUT2D eigenvalue weighted by atomic mass is 32.1. The van der Waals surface area contributed by atoms with Crippen LogP contribution in [0.1, 0.15) is 58.7 Å². The summed E-state index contributed by atoms with van der Waals surface area (Å²) in [5, 5.41) is 9.47. The molecule has 4 aliphatic rings. The molecule has 0 saturated carbocycles. The van der Waals surface area contributed by atoms with Gasteiger partial charge >= 0.3 is 0 Å². The van der Waals surface area contributed by atoms with Crippen LogP contribution < -0.4 is 16.2 Å². The maximum Gasteiger partial charge on any atom is 0.193 e. The van der Waals surface area contributed by atoms with Gasteiger partial charge in [-0.15, -0.1) is 11.3 Å². The zero-order valence-electron chi connectivity index (χ0n) is 33.4. The zero-order valence-corrected chi connectivity index (χ0v) is 34.2. The number of nitrogens with one attached hydrogen (secondary N) is 1. The number of fused-ring (bicyclic) bond motifs is 16. The van der Waals surface area contributed by atoms with Gasteiger partial charge in [-0.25, -0.2) is 0 Å². The molecule has 1 N–H and O–H groups in total. The summed E-state index contributed by atoms with van der Waals surface area (Å²) in [5.74, 6) is 0.124. The van der Waals surface area contributed by atoms with Gasteiger partial charge in [0.1, 0.15) is 0 Å². The Labute approximate surface area is 354 Å². The molecule has 1 unspecified atom stereocenters. The Bertz CT molecular complexity index is 3570. The maximum atomic E-state index is 4.19. The summed E-state index contributed by atoms with van der Waals surface area (Å²) in [4.78, 5) is 0. The second-order valence-corrected chi connectivity index (χ2v) is 18.8. The van der Waals surface area contributed by atoms with E-state index in [0.717, 1.165) is 17.8 Å². The van der Waals surface area contributed by atoms with Gasteiger partial charge < -0.3 is 5.32 Å². The highest BCUT2D eigenvalue weighted by Gasteiger charge is 2.44. The van der Waals surface area contributed by atoms with Crippen LogP contribution >= 0.6 is 11.3 Å². The summed E-state index contributed by atoms with van der Waals surface area (Å²) in [5.41, 5.74) is 25.4. The minimum Gasteiger partial charge on any atom is -0.354 e. The number of benzene rings is 9. The van der Waals surface area contributed by atoms with E-state index in [1.54, 1.807) is 0 Å². The van der Waals surface area contributed by atoms with E-state index < -0.39 is 0 Å². The summed E-state index contributed by atoms with van der Waals surface area (Å²) < 4.78 is 2.64. The molecule has 3 aliphatic carbocycles. The first-order chi connectivity index (χ1) is 29.5. The fraction of sp³-hybridized carbons (Fsp3) is 0.0877. The van der Waals surface area contributed by atoms with E-state index in [1.165, 1.54) is 125 Å². The smallest absolute Gasteiger partial charge is 0.193 e. The first kappa shape index (κ1) is 33.2. The van der Waals surface area contributed by atoms with E-state index in [0.29, 0.717) is 0 Å². The van der Waals surface area contributed by atoms with E-state index in [-0.39, 0.29) is 11.3 Å². The highest BCUT2D eigenvalue weighted by molar-refractivity contribution is 7.26. The van der Waals surface area contributed by atoms with E-state index in [9.17, 15) is 0 Å². The second-order valence-electron chi connectivity index (χ2n) is 17.7. The van der Waals surface area contributed by atoms with Crippen molar-refractivity contribution >= 4 is 71.9 Å². The van der Waals surface area contributed by atoms with E-state index in [4.69, 9.17) is 0 Å². The predicted molar refractivity (Wildman–Crippen MR) is 256 cm³/mol. The van der Waals surface area contributed by atoms with Crippen LogP contribution in [-0.4, -0.2) is 7.28 Å². The fourth-order valence-corrected chi connectivity index (χ4v) is 13.1. The molecule has 1 nitrogen and oxygen atoms in total. The first-order valence-electron chi connectivity index (χ1n) is 21.3. The second kappa shape index (κ2) is 11.7. The van der Waals surface area contributed by atoms with Gasteiger partial charge in [-0.1, -0.05) is 164 Å². The number of rotatable bonds is 3. The van der Waals surface area contributed by atoms with E-state index in [1.807, 2.05) is 11.3 Å². The van der Waals surface area contributed by atoms with Crippen molar-refractivity contribution in [1.29, 1.82) is 0 Å². The van der Waals surface area contributed by atoms with Crippen molar-refractivity contribution in [1.82, 2.24) is 0 Å². The minimum absolute atomic E-state index is 0.124. The van der Waals surface area contributed by atoms with E-state index in [2.05, 4.69) is 190 Å². The molecule has 1 aliphatic heterocycles. The molecule has 1 atom stereocenters. The fourth-order valence-electron chi connectivity index (χ4n) is 12.0. The average Bonchev–Trinajstić information content (AvgIpc) is 4.02. The molecule has 1 radical (unpaired) electrons. The molecule has 60 heavy (non-hydrogen) atoms. The van der Waals surface area contributed by atoms with Gasteiger partial charge in [-0.3, -0.25) is 0 Å². The predicted octanol–water partition coefficient (Wildman–Crippen LogP) is 13.6. The lowest BCUT2D eigenvalue weighted by Gasteiger charge is -2.34. The number of hydrogen-bond donors (Lipinski definition) is 1. The van der Waals surface area contributed by atoms with Crippen molar-refractivity contribution < 1.29 is 0 Å². The summed E-state index contributed by atoms with van der Waals surface area (Å²) in [6.07, 6.45) is 0.961. The normalized spacial score (nSPS) is 15.5. The Morgan fingerprint density at radius 3 is 2.23 bits per heavy atom. The van der Waals surface area contributed by atoms with Crippen LogP contribution in [0.15, 0.2) is 164 Å². The third-order valence-electron chi connectivity index (χ3n) is 14.4. The molecule has 9 aromatic carbocycles. The Balaban J connectivity index is 1.13. The molecule has 10 aromatic rings. The maximum absolute atomic E-state index is 4.19. The summed E-state index contributed by atoms with van der Waals surface area (Å²) in [6.45, 7) is 4.92. The molecule has 279 valence electrons. The molecule has 0 amide bonds. The Hall–Kier alpha value is -6.68. The third-order valence-corrected chi connectivity index (χ3v) is 15.5. The largest absolute Gasteiger partial charge is 0.354 e. The van der Waals surface area contributed by atoms with Gasteiger partial charge in [-0.2, -0.15) is 0 Å². The molecular weight excluding hydrogens is 742 g/mol. The quantitative estimate of drug-likeness (QED) is 0.176. The van der Waals surface area contributed by atoms with Crippen molar-refractivity contribution in [3.8, 4) is 44.5 Å². The SMILES string of the molecule is CC1(C)c2ccccc2-c2cc3c(c(-c4c(Nc5cccc6c5-c5ccccc5C6)ccc5sc6ccccc6c45)c21)[B]c1cccc2c1C3c1ccc3ccccc3c1-2. The number of thiophene rings is 1. The standard InChI is InChI=1S/C57H37BNS/c1-57(2)42-21-9-7-18-36(42)40-30-41-50-39-26-25-31-13-3-5-16-34(31)49(39)38-20-12-22-43(51(38)50)58-56(41)54(55(40)57)53-45(27-28-47-52(53)37-19-8-10-24-46(37)60-47)59-44-23-11-15-33-29-32-14-4-6-17-35(32)48(33)44/h3-28,30,50,59H,29H2,1-2H3. The van der Waals surface area contributed by atoms with Crippen LogP contribution in [0.5, 0.6) is 0 Å². The van der Waals surface area contributed by atoms with Crippen molar-refractivity contribution in [2.75, 3.05) is 5.32 Å². The summed E-state index contributed by atoms with van der Waals surface area (Å²) in [6, 6.07) is 62.1. The number of hydrogen-bond acceptors (Lipinski definition) is 2. The van der Waals surface area contributed by atoms with Gasteiger partial charge in [-0.05, 0) is 114 Å². The van der Waals surface area contributed by atoms with Crippen LogP contribution in [0.25, 0.3) is 75.5 Å². The lowest BCUT2D eigenvalue weighted by atomic mass is 9.51. The van der Waals surface area contributed by atoms with Gasteiger partial charge in [0.2, 0.25) is 0 Å². The van der Waals surface area contributed by atoms with Crippen LogP contribution in [0, 0.1) is 0 Å². The first-order valence-corrected chi connectivity index (χ1v) is 22.1. The van der Waals surface area contributed by atoms with Gasteiger partial charge in [0.25, 0.3) is 0 Å². The average molecular weight is 779 g/mol. The molecule has 14 rings (SSSR count). The summed E-state index contributed by atoms with van der Waals surface area (Å²) >= 11 is 1.91. The van der Waals surface area contributed by atoms with Crippen LogP contribution in [-0.2, 0) is 11.8 Å². The molecule has 0 spiro atoms. The van der Waals surface area contributed by atoms with Gasteiger partial charge in [0.15, 0.2) is 7.28 Å². The highest BCUT2D eigenvalue weighted by Crippen LogP contribution is 2.58. The molecule has 0 bridgehead atoms. The lowest BCUT2D eigenvalue weighted by Crippen LogP contribution is -2.41. The number of anilines is 2. The molecule has 2 heterocycles. The molecule has 3 heteroatoms. The molecule has 1 aromatic heterocycles. The van der Waals surface area contributed by atoms with Crippen molar-refractivity contribution in [3.05, 3.63) is 203 Å². The zero-order chi connectivity index (χ0) is 39.4. The minimum atomic E-state index is -0.242. The Morgan fingerprint density at radius 1 is 0.550 bits per heavy atom. The Morgan fingerprint density at radius 2 is 1.30 bits per heavy atom. The third kappa shape index (κ3) is 4.23. The van der Waals surface area contributed by atoms with Crippen molar-refractivity contribution in [2.45, 2.75) is 31.6 Å². The van der Waals surface area contributed by atoms with Crippen molar-refractivity contribution in [3.63, 3.8) is 0 Å². The monoisotopic (exact) mass is 778 g/mol. The van der Waals surface area contributed by atoms with Gasteiger partial charge in [0.05, 0.1) is 0 Å². The Kier molecular flexibility index (Phi) is 6.50. The van der Waals surface area contributed by atoms with Crippen LogP contribution in [0.4, 0.5) is 11.4 Å². The van der Waals surface area contributed by atoms with Crippen molar-refractivity contribution in [2.24, 2.45) is 0 Å². The molecular formula is C57H37BNS. The molecule has 0 fully saturated rings. The van der Waals surface area contributed by atoms with Crippen LogP contribution in [0.3, 0.4) is 0 Å². The van der Waals surface area contributed by atoms with Crippen LogP contribution in [0.2, 0.25) is 0 Å². The summed E-state index contributed by atoms with van der Waals surface area (Å²) in [7, 11) is 2.56. The van der Waals surface area contributed by atoms with E-state index >= 15 is 0 Å². The lowest BCUT2D eigenvalue weighted by molar-refractivity contribution is 0.662. The molecule has 0 saturated heterocycles. The topological polar surface area (TPSA) is 12.0 Å².